The molecule has 1 saturated heterocycles. The summed E-state index contributed by atoms with van der Waals surface area (Å²) in [5, 5.41) is 11.2. The number of carbonyl (C=O) groups excluding carboxylic acids is 1. The second-order valence-electron chi connectivity index (χ2n) is 7.30. The molecule has 0 atom stereocenters. The molecule has 0 unspecified atom stereocenters. The number of aryl methyl sites for hydroxylation is 1. The first kappa shape index (κ1) is 20.5. The second kappa shape index (κ2) is 8.42. The van der Waals surface area contributed by atoms with Crippen molar-refractivity contribution in [2.24, 2.45) is 0 Å². The Morgan fingerprint density at radius 1 is 1.17 bits per heavy atom. The average Bonchev–Trinajstić information content (AvgIpc) is 2.72. The molecule has 29 heavy (non-hydrogen) atoms. The Labute approximate surface area is 169 Å². The minimum Gasteiger partial charge on any atom is -0.490 e. The first-order valence-electron chi connectivity index (χ1n) is 9.52. The zero-order valence-electron chi connectivity index (χ0n) is 17.1. The van der Waals surface area contributed by atoms with Crippen LogP contribution in [0.2, 0.25) is 0 Å². The lowest BCUT2D eigenvalue weighted by Crippen LogP contribution is -2.49. The van der Waals surface area contributed by atoms with Crippen LogP contribution in [0, 0.1) is 17.0 Å². The molecule has 1 aromatic heterocycles. The van der Waals surface area contributed by atoms with Crippen molar-refractivity contribution < 1.29 is 14.5 Å². The molecular weight excluding hydrogens is 374 g/mol. The van der Waals surface area contributed by atoms with E-state index in [-0.39, 0.29) is 28.8 Å². The number of amides is 1. The van der Waals surface area contributed by atoms with Crippen molar-refractivity contribution in [3.05, 3.63) is 51.5 Å². The largest absolute Gasteiger partial charge is 0.490 e. The van der Waals surface area contributed by atoms with E-state index < -0.39 is 4.92 Å². The highest BCUT2D eigenvalue weighted by molar-refractivity contribution is 5.95. The Kier molecular flexibility index (Phi) is 5.95. The van der Waals surface area contributed by atoms with Crippen molar-refractivity contribution in [1.29, 1.82) is 0 Å². The van der Waals surface area contributed by atoms with E-state index in [1.807, 2.05) is 13.0 Å². The predicted molar refractivity (Wildman–Crippen MR) is 109 cm³/mol. The van der Waals surface area contributed by atoms with Crippen molar-refractivity contribution in [2.45, 2.75) is 26.7 Å². The van der Waals surface area contributed by atoms with Gasteiger partial charge in [0, 0.05) is 55.5 Å². The predicted octanol–water partition coefficient (Wildman–Crippen LogP) is 2.79. The monoisotopic (exact) mass is 399 g/mol. The van der Waals surface area contributed by atoms with Gasteiger partial charge in [-0.1, -0.05) is 13.8 Å². The molecule has 2 aromatic rings. The fourth-order valence-electron chi connectivity index (χ4n) is 3.28. The number of hydrogen-bond donors (Lipinski definition) is 0. The van der Waals surface area contributed by atoms with Crippen LogP contribution in [0.15, 0.2) is 24.3 Å². The maximum atomic E-state index is 12.8. The van der Waals surface area contributed by atoms with Crippen molar-refractivity contribution >= 4 is 17.4 Å². The molecule has 0 aliphatic carbocycles. The SMILES string of the molecule is COc1ccc(C(=O)N2CCN(c3cc(C)nc(C(C)C)n3)CC2)cc1[N+](=O)[O-]. The summed E-state index contributed by atoms with van der Waals surface area (Å²) in [7, 11) is 1.36. The van der Waals surface area contributed by atoms with Crippen LogP contribution in [0.25, 0.3) is 0 Å². The number of nitro benzene ring substituents is 1. The third-order valence-corrected chi connectivity index (χ3v) is 4.89. The molecule has 0 radical (unpaired) electrons. The molecule has 1 aliphatic heterocycles. The molecule has 0 saturated carbocycles. The van der Waals surface area contributed by atoms with E-state index in [1.165, 1.54) is 19.2 Å². The van der Waals surface area contributed by atoms with Crippen LogP contribution in [0.3, 0.4) is 0 Å². The van der Waals surface area contributed by atoms with Gasteiger partial charge >= 0.3 is 5.69 Å². The minimum absolute atomic E-state index is 0.136. The molecule has 3 rings (SSSR count). The van der Waals surface area contributed by atoms with Gasteiger partial charge in [0.15, 0.2) is 5.75 Å². The number of rotatable bonds is 5. The first-order chi connectivity index (χ1) is 13.8. The lowest BCUT2D eigenvalue weighted by atomic mass is 10.1. The topological polar surface area (TPSA) is 102 Å². The number of benzene rings is 1. The van der Waals surface area contributed by atoms with E-state index in [2.05, 4.69) is 28.7 Å². The Morgan fingerprint density at radius 2 is 1.86 bits per heavy atom. The summed E-state index contributed by atoms with van der Waals surface area (Å²) in [6.45, 7) is 8.37. The summed E-state index contributed by atoms with van der Waals surface area (Å²) < 4.78 is 5.00. The molecule has 1 aromatic carbocycles. The van der Waals surface area contributed by atoms with Crippen molar-refractivity contribution in [3.63, 3.8) is 0 Å². The van der Waals surface area contributed by atoms with Crippen molar-refractivity contribution in [1.82, 2.24) is 14.9 Å². The summed E-state index contributed by atoms with van der Waals surface area (Å²) in [5.41, 5.74) is 0.989. The Balaban J connectivity index is 1.72. The zero-order chi connectivity index (χ0) is 21.1. The molecule has 1 fully saturated rings. The van der Waals surface area contributed by atoms with Gasteiger partial charge in [0.05, 0.1) is 12.0 Å². The van der Waals surface area contributed by atoms with Crippen LogP contribution in [0.4, 0.5) is 11.5 Å². The Morgan fingerprint density at radius 3 is 2.45 bits per heavy atom. The van der Waals surface area contributed by atoms with Gasteiger partial charge in [0.2, 0.25) is 0 Å². The Hall–Kier alpha value is -3.23. The number of methoxy groups -OCH3 is 1. The normalized spacial score (nSPS) is 14.2. The highest BCUT2D eigenvalue weighted by Crippen LogP contribution is 2.28. The van der Waals surface area contributed by atoms with Crippen LogP contribution in [-0.4, -0.2) is 59.0 Å². The zero-order valence-corrected chi connectivity index (χ0v) is 17.1. The molecule has 0 spiro atoms. The quantitative estimate of drug-likeness (QED) is 0.563. The maximum Gasteiger partial charge on any atom is 0.311 e. The number of carbonyl (C=O) groups is 1. The third-order valence-electron chi connectivity index (χ3n) is 4.89. The standard InChI is InChI=1S/C20H25N5O4/c1-13(2)19-21-14(3)11-18(22-19)23-7-9-24(10-8-23)20(26)15-5-6-17(29-4)16(12-15)25(27)28/h5-6,11-13H,7-10H2,1-4H3. The van der Waals surface area contributed by atoms with Crippen LogP contribution in [0.5, 0.6) is 5.75 Å². The highest BCUT2D eigenvalue weighted by Gasteiger charge is 2.26. The summed E-state index contributed by atoms with van der Waals surface area (Å²) in [6.07, 6.45) is 0. The number of hydrogen-bond acceptors (Lipinski definition) is 7. The number of aromatic nitrogens is 2. The molecule has 9 nitrogen and oxygen atoms in total. The van der Waals surface area contributed by atoms with Gasteiger partial charge in [-0.25, -0.2) is 9.97 Å². The second-order valence-corrected chi connectivity index (χ2v) is 7.30. The van der Waals surface area contributed by atoms with Gasteiger partial charge in [-0.2, -0.15) is 0 Å². The number of anilines is 1. The van der Waals surface area contributed by atoms with E-state index in [1.54, 1.807) is 11.0 Å². The molecule has 1 aliphatic rings. The average molecular weight is 399 g/mol. The van der Waals surface area contributed by atoms with Gasteiger partial charge in [-0.05, 0) is 19.1 Å². The lowest BCUT2D eigenvalue weighted by Gasteiger charge is -2.35. The summed E-state index contributed by atoms with van der Waals surface area (Å²) in [6, 6.07) is 6.24. The van der Waals surface area contributed by atoms with Crippen LogP contribution in [0.1, 0.15) is 41.6 Å². The van der Waals surface area contributed by atoms with Gasteiger partial charge in [0.1, 0.15) is 11.6 Å². The molecule has 0 N–H and O–H groups in total. The van der Waals surface area contributed by atoms with Crippen molar-refractivity contribution in [3.8, 4) is 5.75 Å². The molecule has 154 valence electrons. The summed E-state index contributed by atoms with van der Waals surface area (Å²) >= 11 is 0. The van der Waals surface area contributed by atoms with Crippen LogP contribution >= 0.6 is 0 Å². The van der Waals surface area contributed by atoms with Gasteiger partial charge in [0.25, 0.3) is 5.91 Å². The van der Waals surface area contributed by atoms with E-state index in [0.29, 0.717) is 26.2 Å². The van der Waals surface area contributed by atoms with Gasteiger partial charge in [-0.3, -0.25) is 14.9 Å². The smallest absolute Gasteiger partial charge is 0.311 e. The van der Waals surface area contributed by atoms with Crippen molar-refractivity contribution in [2.75, 3.05) is 38.2 Å². The fourth-order valence-corrected chi connectivity index (χ4v) is 3.28. The van der Waals surface area contributed by atoms with E-state index in [9.17, 15) is 14.9 Å². The van der Waals surface area contributed by atoms with E-state index in [4.69, 9.17) is 4.74 Å². The molecule has 1 amide bonds. The number of ether oxygens (including phenoxy) is 1. The number of piperazine rings is 1. The lowest BCUT2D eigenvalue weighted by molar-refractivity contribution is -0.385. The number of nitro groups is 1. The molecule has 9 heteroatoms. The van der Waals surface area contributed by atoms with Gasteiger partial charge in [-0.15, -0.1) is 0 Å². The first-order valence-corrected chi connectivity index (χ1v) is 9.52. The Bertz CT molecular complexity index is 923. The van der Waals surface area contributed by atoms with Gasteiger partial charge < -0.3 is 14.5 Å². The molecular formula is C20H25N5O4. The number of nitrogens with zero attached hydrogens (tertiary/aromatic N) is 5. The van der Waals surface area contributed by atoms with Crippen LogP contribution in [-0.2, 0) is 0 Å². The minimum atomic E-state index is -0.544. The summed E-state index contributed by atoms with van der Waals surface area (Å²) in [5.74, 6) is 1.83. The maximum absolute atomic E-state index is 12.8. The molecule has 2 heterocycles. The van der Waals surface area contributed by atoms with Crippen LogP contribution < -0.4 is 9.64 Å². The molecule has 0 bridgehead atoms. The van der Waals surface area contributed by atoms with E-state index in [0.717, 1.165) is 17.3 Å². The summed E-state index contributed by atoms with van der Waals surface area (Å²) in [4.78, 5) is 36.5. The fraction of sp³-hybridized carbons (Fsp3) is 0.450. The highest BCUT2D eigenvalue weighted by atomic mass is 16.6. The third kappa shape index (κ3) is 4.44. The van der Waals surface area contributed by atoms with E-state index >= 15 is 0 Å².